The lowest BCUT2D eigenvalue weighted by molar-refractivity contribution is 0.172. The molecule has 128 valence electrons. The summed E-state index contributed by atoms with van der Waals surface area (Å²) in [4.78, 5) is 9.49. The molecule has 23 heavy (non-hydrogen) atoms. The average Bonchev–Trinajstić information content (AvgIpc) is 2.60. The van der Waals surface area contributed by atoms with Crippen LogP contribution < -0.4 is 5.32 Å². The number of rotatable bonds is 6. The highest BCUT2D eigenvalue weighted by Crippen LogP contribution is 2.09. The van der Waals surface area contributed by atoms with Crippen molar-refractivity contribution >= 4 is 5.96 Å². The second-order valence-corrected chi connectivity index (χ2v) is 6.23. The molecule has 1 fully saturated rings. The van der Waals surface area contributed by atoms with Crippen LogP contribution in [0.15, 0.2) is 35.3 Å². The summed E-state index contributed by atoms with van der Waals surface area (Å²) in [5.41, 5.74) is 1.37. The van der Waals surface area contributed by atoms with Crippen LogP contribution in [0.25, 0.3) is 0 Å². The maximum Gasteiger partial charge on any atom is 0.194 e. The van der Waals surface area contributed by atoms with Gasteiger partial charge in [-0.05, 0) is 18.4 Å². The summed E-state index contributed by atoms with van der Waals surface area (Å²) in [5, 5.41) is 12.5. The van der Waals surface area contributed by atoms with Crippen molar-refractivity contribution in [3.63, 3.8) is 0 Å². The van der Waals surface area contributed by atoms with E-state index in [0.717, 1.165) is 45.2 Å². The summed E-state index contributed by atoms with van der Waals surface area (Å²) in [6, 6.07) is 10.6. The van der Waals surface area contributed by atoms with Crippen molar-refractivity contribution in [2.24, 2.45) is 10.9 Å². The highest BCUT2D eigenvalue weighted by Gasteiger charge is 2.19. The first kappa shape index (κ1) is 17.8. The normalized spacial score (nSPS) is 18.0. The van der Waals surface area contributed by atoms with Gasteiger partial charge in [0.15, 0.2) is 5.96 Å². The minimum Gasteiger partial charge on any atom is -0.396 e. The van der Waals surface area contributed by atoms with Crippen LogP contribution in [0, 0.1) is 5.92 Å². The molecule has 1 aliphatic heterocycles. The number of hydrogen-bond acceptors (Lipinski definition) is 3. The summed E-state index contributed by atoms with van der Waals surface area (Å²) in [7, 11) is 0. The van der Waals surface area contributed by atoms with Crippen LogP contribution in [0.3, 0.4) is 0 Å². The first-order valence-electron chi connectivity index (χ1n) is 8.63. The second kappa shape index (κ2) is 9.53. The van der Waals surface area contributed by atoms with Crippen LogP contribution in [0.4, 0.5) is 0 Å². The summed E-state index contributed by atoms with van der Waals surface area (Å²) in [6.45, 7) is 10.9. The van der Waals surface area contributed by atoms with E-state index < -0.39 is 0 Å². The van der Waals surface area contributed by atoms with Crippen molar-refractivity contribution < 1.29 is 5.11 Å². The molecule has 1 unspecified atom stereocenters. The van der Waals surface area contributed by atoms with Gasteiger partial charge in [-0.2, -0.15) is 0 Å². The second-order valence-electron chi connectivity index (χ2n) is 6.23. The Morgan fingerprint density at radius 3 is 2.52 bits per heavy atom. The van der Waals surface area contributed by atoms with E-state index in [0.29, 0.717) is 6.54 Å². The lowest BCUT2D eigenvalue weighted by Gasteiger charge is -2.36. The molecule has 1 aromatic carbocycles. The quantitative estimate of drug-likeness (QED) is 0.615. The molecule has 5 heteroatoms. The number of piperazine rings is 1. The van der Waals surface area contributed by atoms with Gasteiger partial charge in [0.05, 0.1) is 0 Å². The van der Waals surface area contributed by atoms with Gasteiger partial charge < -0.3 is 15.3 Å². The Balaban J connectivity index is 1.85. The van der Waals surface area contributed by atoms with Crippen LogP contribution in [0.2, 0.25) is 0 Å². The molecule has 0 amide bonds. The molecule has 1 aromatic rings. The summed E-state index contributed by atoms with van der Waals surface area (Å²) < 4.78 is 0. The number of aliphatic hydroxyl groups is 1. The molecule has 5 nitrogen and oxygen atoms in total. The molecule has 1 heterocycles. The number of benzene rings is 1. The monoisotopic (exact) mass is 318 g/mol. The van der Waals surface area contributed by atoms with E-state index in [2.05, 4.69) is 57.4 Å². The van der Waals surface area contributed by atoms with Gasteiger partial charge in [-0.1, -0.05) is 37.3 Å². The van der Waals surface area contributed by atoms with Crippen molar-refractivity contribution in [2.75, 3.05) is 45.9 Å². The number of aliphatic imine (C=N–C) groups is 1. The maximum atomic E-state index is 9.15. The smallest absolute Gasteiger partial charge is 0.194 e. The van der Waals surface area contributed by atoms with Gasteiger partial charge in [-0.3, -0.25) is 9.89 Å². The summed E-state index contributed by atoms with van der Waals surface area (Å²) in [5.74, 6) is 1.19. The minimum absolute atomic E-state index is 0.188. The minimum atomic E-state index is 0.188. The standard InChI is InChI=1S/C18H30N4O/c1-3-19-18(20-13-16(2)15-23)22-11-9-21(10-12-22)14-17-7-5-4-6-8-17/h4-8,16,23H,3,9-15H2,1-2H3,(H,19,20). The third-order valence-corrected chi connectivity index (χ3v) is 4.12. The molecule has 1 aliphatic rings. The Hall–Kier alpha value is -1.59. The van der Waals surface area contributed by atoms with Crippen LogP contribution in [0.5, 0.6) is 0 Å². The first-order chi connectivity index (χ1) is 11.2. The Kier molecular flexibility index (Phi) is 7.36. The van der Waals surface area contributed by atoms with Crippen LogP contribution in [-0.2, 0) is 6.54 Å². The number of aliphatic hydroxyl groups excluding tert-OH is 1. The fraction of sp³-hybridized carbons (Fsp3) is 0.611. The highest BCUT2D eigenvalue weighted by atomic mass is 16.3. The van der Waals surface area contributed by atoms with E-state index in [1.54, 1.807) is 0 Å². The van der Waals surface area contributed by atoms with Crippen LogP contribution in [0.1, 0.15) is 19.4 Å². The number of guanidine groups is 1. The maximum absolute atomic E-state index is 9.15. The third-order valence-electron chi connectivity index (χ3n) is 4.12. The molecular weight excluding hydrogens is 288 g/mol. The van der Waals surface area contributed by atoms with Gasteiger partial charge in [0.25, 0.3) is 0 Å². The molecule has 2 N–H and O–H groups in total. The average molecular weight is 318 g/mol. The van der Waals surface area contributed by atoms with E-state index >= 15 is 0 Å². The Morgan fingerprint density at radius 1 is 1.22 bits per heavy atom. The van der Waals surface area contributed by atoms with Crippen molar-refractivity contribution in [3.05, 3.63) is 35.9 Å². The van der Waals surface area contributed by atoms with Crippen molar-refractivity contribution in [1.29, 1.82) is 0 Å². The Bertz CT molecular complexity index is 469. The van der Waals surface area contributed by atoms with Gasteiger partial charge in [0, 0.05) is 52.4 Å². The zero-order valence-electron chi connectivity index (χ0n) is 14.4. The van der Waals surface area contributed by atoms with E-state index in [1.807, 2.05) is 6.92 Å². The molecule has 0 aliphatic carbocycles. The van der Waals surface area contributed by atoms with Crippen molar-refractivity contribution in [1.82, 2.24) is 15.1 Å². The SMILES string of the molecule is CCNC(=NCC(C)CO)N1CCN(Cc2ccccc2)CC1. The van der Waals surface area contributed by atoms with Gasteiger partial charge in [-0.25, -0.2) is 0 Å². The van der Waals surface area contributed by atoms with Crippen molar-refractivity contribution in [2.45, 2.75) is 20.4 Å². The number of hydrogen-bond donors (Lipinski definition) is 2. The molecule has 0 radical (unpaired) electrons. The lowest BCUT2D eigenvalue weighted by atomic mass is 10.2. The Morgan fingerprint density at radius 2 is 1.91 bits per heavy atom. The Labute approximate surface area is 140 Å². The predicted molar refractivity (Wildman–Crippen MR) is 95.5 cm³/mol. The molecule has 0 spiro atoms. The topological polar surface area (TPSA) is 51.1 Å². The van der Waals surface area contributed by atoms with E-state index in [-0.39, 0.29) is 12.5 Å². The fourth-order valence-corrected chi connectivity index (χ4v) is 2.69. The number of nitrogens with one attached hydrogen (secondary N) is 1. The molecule has 1 saturated heterocycles. The molecule has 1 atom stereocenters. The highest BCUT2D eigenvalue weighted by molar-refractivity contribution is 5.80. The first-order valence-corrected chi connectivity index (χ1v) is 8.63. The summed E-state index contributed by atoms with van der Waals surface area (Å²) >= 11 is 0. The molecule has 0 aromatic heterocycles. The van der Waals surface area contributed by atoms with Crippen LogP contribution >= 0.6 is 0 Å². The molecule has 2 rings (SSSR count). The number of nitrogens with zero attached hydrogens (tertiary/aromatic N) is 3. The largest absolute Gasteiger partial charge is 0.396 e. The third kappa shape index (κ3) is 5.84. The lowest BCUT2D eigenvalue weighted by Crippen LogP contribution is -2.52. The molecule has 0 saturated carbocycles. The molecule has 0 bridgehead atoms. The van der Waals surface area contributed by atoms with E-state index in [4.69, 9.17) is 5.11 Å². The van der Waals surface area contributed by atoms with E-state index in [9.17, 15) is 0 Å². The van der Waals surface area contributed by atoms with Crippen LogP contribution in [-0.4, -0.2) is 66.7 Å². The van der Waals surface area contributed by atoms with Gasteiger partial charge in [0.1, 0.15) is 0 Å². The zero-order valence-corrected chi connectivity index (χ0v) is 14.4. The van der Waals surface area contributed by atoms with Gasteiger partial charge >= 0.3 is 0 Å². The zero-order chi connectivity index (χ0) is 16.5. The fourth-order valence-electron chi connectivity index (χ4n) is 2.69. The van der Waals surface area contributed by atoms with Crippen molar-refractivity contribution in [3.8, 4) is 0 Å². The van der Waals surface area contributed by atoms with Gasteiger partial charge in [0.2, 0.25) is 0 Å². The summed E-state index contributed by atoms with van der Waals surface area (Å²) in [6.07, 6.45) is 0. The molecular formula is C18H30N4O. The van der Waals surface area contributed by atoms with Gasteiger partial charge in [-0.15, -0.1) is 0 Å². The predicted octanol–water partition coefficient (Wildman–Crippen LogP) is 1.40. The van der Waals surface area contributed by atoms with E-state index in [1.165, 1.54) is 5.56 Å².